The van der Waals surface area contributed by atoms with Gasteiger partial charge in [0.05, 0.1) is 19.6 Å². The second kappa shape index (κ2) is 13.7. The van der Waals surface area contributed by atoms with Crippen molar-refractivity contribution in [3.8, 4) is 0 Å². The molecular formula is C22H33NO13. The molecule has 0 unspecified atom stereocenters. The minimum Gasteiger partial charge on any atom is -0.465 e. The van der Waals surface area contributed by atoms with E-state index in [4.69, 9.17) is 23.7 Å². The number of rotatable bonds is 11. The van der Waals surface area contributed by atoms with E-state index in [1.807, 2.05) is 0 Å². The molecule has 1 saturated heterocycles. The van der Waals surface area contributed by atoms with Gasteiger partial charge in [-0.05, 0) is 6.42 Å². The zero-order valence-electron chi connectivity index (χ0n) is 21.1. The summed E-state index contributed by atoms with van der Waals surface area (Å²) >= 11 is 0. The number of carbonyl (C=O) groups is 6. The van der Waals surface area contributed by atoms with Crippen LogP contribution in [-0.4, -0.2) is 90.8 Å². The third-order valence-corrected chi connectivity index (χ3v) is 4.95. The van der Waals surface area contributed by atoms with Crippen molar-refractivity contribution in [2.24, 2.45) is 0 Å². The molecule has 2 N–H and O–H groups in total. The van der Waals surface area contributed by atoms with Crippen LogP contribution in [0.15, 0.2) is 0 Å². The smallest absolute Gasteiger partial charge is 0.366 e. The zero-order valence-corrected chi connectivity index (χ0v) is 21.1. The first-order valence-electron chi connectivity index (χ1n) is 11.2. The van der Waals surface area contributed by atoms with Crippen LogP contribution in [-0.2, 0) is 57.2 Å². The molecule has 204 valence electrons. The normalized spacial score (nSPS) is 24.9. The quantitative estimate of drug-likeness (QED) is 0.257. The number of hydrogen-bond acceptors (Lipinski definition) is 13. The first kappa shape index (κ1) is 30.8. The van der Waals surface area contributed by atoms with Crippen molar-refractivity contribution in [2.75, 3.05) is 13.7 Å². The Morgan fingerprint density at radius 3 is 2.08 bits per heavy atom. The molecule has 0 aliphatic carbocycles. The first-order chi connectivity index (χ1) is 16.7. The van der Waals surface area contributed by atoms with Gasteiger partial charge in [-0.25, -0.2) is 4.79 Å². The minimum atomic E-state index is -2.72. The van der Waals surface area contributed by atoms with Gasteiger partial charge >= 0.3 is 29.8 Å². The van der Waals surface area contributed by atoms with Crippen molar-refractivity contribution in [3.05, 3.63) is 0 Å². The van der Waals surface area contributed by atoms with Gasteiger partial charge in [-0.2, -0.15) is 0 Å². The topological polar surface area (TPSA) is 190 Å². The van der Waals surface area contributed by atoms with Crippen LogP contribution in [0.5, 0.6) is 0 Å². The highest BCUT2D eigenvalue weighted by Crippen LogP contribution is 2.34. The van der Waals surface area contributed by atoms with Gasteiger partial charge in [0.15, 0.2) is 12.2 Å². The Hall–Kier alpha value is -3.26. The first-order valence-corrected chi connectivity index (χ1v) is 11.2. The van der Waals surface area contributed by atoms with Crippen molar-refractivity contribution in [1.29, 1.82) is 0 Å². The number of aliphatic hydroxyl groups is 1. The van der Waals surface area contributed by atoms with E-state index < -0.39 is 85.0 Å². The molecule has 1 aliphatic heterocycles. The molecule has 0 saturated carbocycles. The van der Waals surface area contributed by atoms with E-state index in [0.717, 1.165) is 34.8 Å². The van der Waals surface area contributed by atoms with Gasteiger partial charge in [-0.15, -0.1) is 0 Å². The second-order valence-electron chi connectivity index (χ2n) is 8.08. The van der Waals surface area contributed by atoms with Gasteiger partial charge in [0, 0.05) is 34.1 Å². The molecule has 0 aromatic heterocycles. The van der Waals surface area contributed by atoms with E-state index in [1.165, 1.54) is 0 Å². The number of esters is 5. The molecule has 1 amide bonds. The van der Waals surface area contributed by atoms with E-state index in [1.54, 1.807) is 6.92 Å². The molecule has 6 atom stereocenters. The molecule has 0 aromatic carbocycles. The Balaban J connectivity index is 3.68. The summed E-state index contributed by atoms with van der Waals surface area (Å²) in [7, 11) is 0.973. The van der Waals surface area contributed by atoms with Crippen LogP contribution in [0, 0.1) is 0 Å². The van der Waals surface area contributed by atoms with Crippen LogP contribution >= 0.6 is 0 Å². The van der Waals surface area contributed by atoms with Crippen LogP contribution in [0.3, 0.4) is 0 Å². The Kier molecular flexibility index (Phi) is 11.7. The summed E-state index contributed by atoms with van der Waals surface area (Å²) in [4.78, 5) is 72.0. The van der Waals surface area contributed by atoms with Crippen LogP contribution in [0.4, 0.5) is 0 Å². The SMILES string of the molecule is CCCC(=O)N[C@H]1[C@H]([C@H](OC(C)=O)[C@@H](COC(C)=O)OC(C)=O)O[C@@](O)(C(=O)OC)C[C@@H]1OC(C)=O. The van der Waals surface area contributed by atoms with E-state index in [9.17, 15) is 33.9 Å². The Morgan fingerprint density at radius 1 is 1.00 bits per heavy atom. The maximum Gasteiger partial charge on any atom is 0.366 e. The monoisotopic (exact) mass is 519 g/mol. The average Bonchev–Trinajstić information content (AvgIpc) is 2.75. The Bertz CT molecular complexity index is 844. The maximum absolute atomic E-state index is 12.5. The number of nitrogens with one attached hydrogen (secondary N) is 1. The molecular weight excluding hydrogens is 486 g/mol. The fourth-order valence-electron chi connectivity index (χ4n) is 3.66. The molecule has 0 radical (unpaired) electrons. The summed E-state index contributed by atoms with van der Waals surface area (Å²) in [5, 5.41) is 13.6. The molecule has 36 heavy (non-hydrogen) atoms. The Morgan fingerprint density at radius 2 is 1.61 bits per heavy atom. The van der Waals surface area contributed by atoms with Gasteiger partial charge in [-0.1, -0.05) is 6.92 Å². The highest BCUT2D eigenvalue weighted by molar-refractivity contribution is 5.79. The lowest BCUT2D eigenvalue weighted by Crippen LogP contribution is -2.68. The molecule has 0 bridgehead atoms. The Labute approximate surface area is 207 Å². The van der Waals surface area contributed by atoms with Gasteiger partial charge in [-0.3, -0.25) is 24.0 Å². The van der Waals surface area contributed by atoms with Crippen molar-refractivity contribution >= 4 is 35.8 Å². The highest BCUT2D eigenvalue weighted by Gasteiger charge is 2.57. The molecule has 0 spiro atoms. The van der Waals surface area contributed by atoms with Crippen LogP contribution in [0.1, 0.15) is 53.9 Å². The highest BCUT2D eigenvalue weighted by atomic mass is 16.7. The predicted molar refractivity (Wildman–Crippen MR) is 117 cm³/mol. The molecule has 1 heterocycles. The summed E-state index contributed by atoms with van der Waals surface area (Å²) in [5.74, 6) is -7.83. The van der Waals surface area contributed by atoms with E-state index >= 15 is 0 Å². The lowest BCUT2D eigenvalue weighted by molar-refractivity contribution is -0.299. The summed E-state index contributed by atoms with van der Waals surface area (Å²) in [5.41, 5.74) is 0. The van der Waals surface area contributed by atoms with Gasteiger partial charge in [0.2, 0.25) is 5.91 Å². The number of methoxy groups -OCH3 is 1. The van der Waals surface area contributed by atoms with Crippen molar-refractivity contribution in [2.45, 2.75) is 90.1 Å². The van der Waals surface area contributed by atoms with Crippen molar-refractivity contribution < 1.29 is 62.3 Å². The number of hydrogen-bond donors (Lipinski definition) is 2. The van der Waals surface area contributed by atoms with E-state index in [0.29, 0.717) is 6.42 Å². The van der Waals surface area contributed by atoms with Crippen molar-refractivity contribution in [1.82, 2.24) is 5.32 Å². The van der Waals surface area contributed by atoms with Gasteiger partial charge in [0.25, 0.3) is 5.79 Å². The maximum atomic E-state index is 12.5. The predicted octanol–water partition coefficient (Wildman–Crippen LogP) is -0.720. The molecule has 1 aliphatic rings. The lowest BCUT2D eigenvalue weighted by Gasteiger charge is -2.47. The summed E-state index contributed by atoms with van der Waals surface area (Å²) < 4.78 is 31.0. The molecule has 0 aromatic rings. The summed E-state index contributed by atoms with van der Waals surface area (Å²) in [6, 6.07) is -1.31. The summed E-state index contributed by atoms with van der Waals surface area (Å²) in [6.45, 7) is 5.35. The lowest BCUT2D eigenvalue weighted by atomic mass is 9.88. The largest absolute Gasteiger partial charge is 0.465 e. The van der Waals surface area contributed by atoms with E-state index in [-0.39, 0.29) is 6.42 Å². The number of amides is 1. The average molecular weight is 520 g/mol. The fraction of sp³-hybridized carbons (Fsp3) is 0.727. The van der Waals surface area contributed by atoms with Crippen LogP contribution in [0.2, 0.25) is 0 Å². The van der Waals surface area contributed by atoms with Gasteiger partial charge in [0.1, 0.15) is 18.8 Å². The third kappa shape index (κ3) is 9.07. The van der Waals surface area contributed by atoms with Gasteiger partial charge < -0.3 is 38.8 Å². The fourth-order valence-corrected chi connectivity index (χ4v) is 3.66. The second-order valence-corrected chi connectivity index (χ2v) is 8.08. The van der Waals surface area contributed by atoms with Crippen molar-refractivity contribution in [3.63, 3.8) is 0 Å². The molecule has 14 heteroatoms. The van der Waals surface area contributed by atoms with E-state index in [2.05, 4.69) is 10.1 Å². The number of ether oxygens (including phenoxy) is 6. The minimum absolute atomic E-state index is 0.0519. The standard InChI is InChI=1S/C22H33NO13/c1-7-8-17(28)23-18-15(33-12(3)25)9-22(30,21(29)31-6)36-20(18)19(35-14(5)27)16(34-13(4)26)10-32-11(2)24/h15-16,18-20,30H,7-10H2,1-6H3,(H,23,28)/t15-,16+,18+,19+,20+,22+/m0/s1. The molecule has 1 rings (SSSR count). The summed E-state index contributed by atoms with van der Waals surface area (Å²) in [6.07, 6.45) is -6.36. The third-order valence-electron chi connectivity index (χ3n) is 4.95. The zero-order chi connectivity index (χ0) is 27.6. The number of carbonyl (C=O) groups excluding carboxylic acids is 6. The van der Waals surface area contributed by atoms with Crippen LogP contribution < -0.4 is 5.32 Å². The molecule has 14 nitrogen and oxygen atoms in total. The molecule has 1 fully saturated rings. The van der Waals surface area contributed by atoms with Crippen LogP contribution in [0.25, 0.3) is 0 Å².